The molecule has 4 aromatic rings. The fraction of sp³-hybridized carbons (Fsp3) is 0.150. The van der Waals surface area contributed by atoms with Crippen molar-refractivity contribution in [1.82, 2.24) is 25.2 Å². The van der Waals surface area contributed by atoms with Crippen molar-refractivity contribution in [3.63, 3.8) is 0 Å². The maximum atomic E-state index is 12.5. The summed E-state index contributed by atoms with van der Waals surface area (Å²) in [4.78, 5) is 17.1. The van der Waals surface area contributed by atoms with Crippen LogP contribution in [0.4, 0.5) is 5.69 Å². The third-order valence-electron chi connectivity index (χ3n) is 4.18. The number of hydrogen-bond acceptors (Lipinski definition) is 6. The molecule has 28 heavy (non-hydrogen) atoms. The Kier molecular flexibility index (Phi) is 4.94. The van der Waals surface area contributed by atoms with Gasteiger partial charge in [0.1, 0.15) is 5.01 Å². The molecule has 2 heterocycles. The summed E-state index contributed by atoms with van der Waals surface area (Å²) >= 11 is 1.55. The first-order valence-electron chi connectivity index (χ1n) is 8.72. The lowest BCUT2D eigenvalue weighted by Crippen LogP contribution is -2.14. The van der Waals surface area contributed by atoms with E-state index < -0.39 is 0 Å². The molecule has 7 nitrogen and oxygen atoms in total. The monoisotopic (exact) mass is 390 g/mol. The minimum absolute atomic E-state index is 0.116. The zero-order valence-electron chi connectivity index (χ0n) is 15.5. The second-order valence-electron chi connectivity index (χ2n) is 6.45. The first-order valence-corrected chi connectivity index (χ1v) is 9.60. The van der Waals surface area contributed by atoms with Crippen LogP contribution in [0.1, 0.15) is 11.3 Å². The Morgan fingerprint density at radius 1 is 1.14 bits per heavy atom. The van der Waals surface area contributed by atoms with Gasteiger partial charge in [0.2, 0.25) is 5.91 Å². The van der Waals surface area contributed by atoms with Gasteiger partial charge in [0.25, 0.3) is 0 Å². The molecule has 0 aliphatic heterocycles. The summed E-state index contributed by atoms with van der Waals surface area (Å²) in [5.41, 5.74) is 4.54. The quantitative estimate of drug-likeness (QED) is 0.564. The SMILES string of the molecule is Cc1cccc(-c2nc(CC(=O)Nc3cccc(-c4nnnn4C)c3)cs2)c1. The van der Waals surface area contributed by atoms with Gasteiger partial charge in [-0.2, -0.15) is 0 Å². The normalized spacial score (nSPS) is 10.8. The lowest BCUT2D eigenvalue weighted by molar-refractivity contribution is -0.115. The van der Waals surface area contributed by atoms with Crippen LogP contribution in [0, 0.1) is 6.92 Å². The second kappa shape index (κ2) is 7.69. The highest BCUT2D eigenvalue weighted by Crippen LogP contribution is 2.25. The number of aromatic nitrogens is 5. The van der Waals surface area contributed by atoms with E-state index in [1.165, 1.54) is 5.56 Å². The largest absolute Gasteiger partial charge is 0.326 e. The summed E-state index contributed by atoms with van der Waals surface area (Å²) in [5.74, 6) is 0.521. The number of benzene rings is 2. The molecule has 0 saturated carbocycles. The minimum atomic E-state index is -0.116. The fourth-order valence-electron chi connectivity index (χ4n) is 2.88. The van der Waals surface area contributed by atoms with Crippen molar-refractivity contribution in [3.8, 4) is 22.0 Å². The van der Waals surface area contributed by atoms with Crippen LogP contribution >= 0.6 is 11.3 Å². The molecule has 0 atom stereocenters. The van der Waals surface area contributed by atoms with Crippen molar-refractivity contribution in [2.45, 2.75) is 13.3 Å². The number of hydrogen-bond donors (Lipinski definition) is 1. The first-order chi connectivity index (χ1) is 13.6. The molecular formula is C20H18N6OS. The summed E-state index contributed by atoms with van der Waals surface area (Å²) in [6.45, 7) is 2.05. The average Bonchev–Trinajstić information content (AvgIpc) is 3.31. The lowest BCUT2D eigenvalue weighted by Gasteiger charge is -2.06. The standard InChI is InChI=1S/C20H18N6OS/c1-13-5-3-7-15(9-13)20-22-17(12-28-20)11-18(27)21-16-8-4-6-14(10-16)19-23-24-25-26(19)2/h3-10,12H,11H2,1-2H3,(H,21,27). The Labute approximate surface area is 166 Å². The summed E-state index contributed by atoms with van der Waals surface area (Å²) < 4.78 is 1.59. The third kappa shape index (κ3) is 3.96. The predicted molar refractivity (Wildman–Crippen MR) is 109 cm³/mol. The van der Waals surface area contributed by atoms with Crippen LogP contribution in [0.15, 0.2) is 53.9 Å². The molecular weight excluding hydrogens is 372 g/mol. The second-order valence-corrected chi connectivity index (χ2v) is 7.30. The maximum Gasteiger partial charge on any atom is 0.230 e. The molecule has 0 fully saturated rings. The Balaban J connectivity index is 1.45. The molecule has 2 aromatic heterocycles. The van der Waals surface area contributed by atoms with Gasteiger partial charge in [-0.1, -0.05) is 35.9 Å². The maximum absolute atomic E-state index is 12.5. The summed E-state index contributed by atoms with van der Waals surface area (Å²) in [6.07, 6.45) is 0.220. The van der Waals surface area contributed by atoms with Crippen LogP contribution in [-0.4, -0.2) is 31.1 Å². The molecule has 8 heteroatoms. The summed E-state index contributed by atoms with van der Waals surface area (Å²) in [5, 5.41) is 17.2. The van der Waals surface area contributed by atoms with Gasteiger partial charge in [0.05, 0.1) is 12.1 Å². The van der Waals surface area contributed by atoms with Gasteiger partial charge in [-0.15, -0.1) is 16.4 Å². The Hall–Kier alpha value is -3.39. The van der Waals surface area contributed by atoms with E-state index in [9.17, 15) is 4.79 Å². The average molecular weight is 390 g/mol. The number of aryl methyl sites for hydroxylation is 2. The number of nitrogens with zero attached hydrogens (tertiary/aromatic N) is 5. The van der Waals surface area contributed by atoms with Crippen LogP contribution in [0.5, 0.6) is 0 Å². The van der Waals surface area contributed by atoms with Crippen molar-refractivity contribution in [3.05, 3.63) is 65.2 Å². The summed E-state index contributed by atoms with van der Waals surface area (Å²) in [6, 6.07) is 15.6. The van der Waals surface area contributed by atoms with E-state index in [2.05, 4.69) is 44.9 Å². The number of amides is 1. The fourth-order valence-corrected chi connectivity index (χ4v) is 3.70. The van der Waals surface area contributed by atoms with E-state index in [1.807, 2.05) is 41.8 Å². The van der Waals surface area contributed by atoms with Gasteiger partial charge < -0.3 is 5.32 Å². The van der Waals surface area contributed by atoms with Gasteiger partial charge >= 0.3 is 0 Å². The van der Waals surface area contributed by atoms with Gasteiger partial charge in [-0.05, 0) is 35.5 Å². The van der Waals surface area contributed by atoms with Crippen LogP contribution in [0.3, 0.4) is 0 Å². The molecule has 2 aromatic carbocycles. The zero-order valence-corrected chi connectivity index (χ0v) is 16.3. The number of thiazole rings is 1. The van der Waals surface area contributed by atoms with Crippen molar-refractivity contribution >= 4 is 22.9 Å². The van der Waals surface area contributed by atoms with Crippen LogP contribution in [0.25, 0.3) is 22.0 Å². The zero-order chi connectivity index (χ0) is 19.5. The topological polar surface area (TPSA) is 85.6 Å². The van der Waals surface area contributed by atoms with Crippen molar-refractivity contribution in [2.24, 2.45) is 7.05 Å². The number of nitrogens with one attached hydrogen (secondary N) is 1. The molecule has 1 N–H and O–H groups in total. The van der Waals surface area contributed by atoms with Gasteiger partial charge in [0.15, 0.2) is 5.82 Å². The number of carbonyl (C=O) groups is 1. The molecule has 0 spiro atoms. The highest BCUT2D eigenvalue weighted by atomic mass is 32.1. The van der Waals surface area contributed by atoms with Crippen LogP contribution in [-0.2, 0) is 18.3 Å². The highest BCUT2D eigenvalue weighted by Gasteiger charge is 2.11. The molecule has 4 rings (SSSR count). The minimum Gasteiger partial charge on any atom is -0.326 e. The van der Waals surface area contributed by atoms with E-state index in [1.54, 1.807) is 23.1 Å². The smallest absolute Gasteiger partial charge is 0.230 e. The number of tetrazole rings is 1. The Morgan fingerprint density at radius 2 is 1.96 bits per heavy atom. The first kappa shape index (κ1) is 18.0. The van der Waals surface area contributed by atoms with Crippen molar-refractivity contribution in [2.75, 3.05) is 5.32 Å². The molecule has 0 unspecified atom stereocenters. The Morgan fingerprint density at radius 3 is 2.75 bits per heavy atom. The highest BCUT2D eigenvalue weighted by molar-refractivity contribution is 7.13. The number of carbonyl (C=O) groups excluding carboxylic acids is 1. The summed E-state index contributed by atoms with van der Waals surface area (Å²) in [7, 11) is 1.77. The Bertz CT molecular complexity index is 1130. The van der Waals surface area contributed by atoms with Crippen molar-refractivity contribution < 1.29 is 4.79 Å². The van der Waals surface area contributed by atoms with E-state index in [4.69, 9.17) is 0 Å². The molecule has 1 amide bonds. The molecule has 0 aliphatic rings. The van der Waals surface area contributed by atoms with E-state index in [0.29, 0.717) is 11.5 Å². The number of rotatable bonds is 5. The molecule has 0 radical (unpaired) electrons. The van der Waals surface area contributed by atoms with Crippen molar-refractivity contribution in [1.29, 1.82) is 0 Å². The molecule has 0 aliphatic carbocycles. The number of anilines is 1. The van der Waals surface area contributed by atoms with E-state index in [0.717, 1.165) is 21.8 Å². The van der Waals surface area contributed by atoms with Crippen LogP contribution < -0.4 is 5.32 Å². The van der Waals surface area contributed by atoms with E-state index in [-0.39, 0.29) is 12.3 Å². The molecule has 0 saturated heterocycles. The predicted octanol–water partition coefficient (Wildman–Crippen LogP) is 3.49. The third-order valence-corrected chi connectivity index (χ3v) is 5.12. The van der Waals surface area contributed by atoms with Gasteiger partial charge in [-0.3, -0.25) is 4.79 Å². The van der Waals surface area contributed by atoms with Crippen LogP contribution in [0.2, 0.25) is 0 Å². The van der Waals surface area contributed by atoms with Gasteiger partial charge in [-0.25, -0.2) is 9.67 Å². The van der Waals surface area contributed by atoms with Gasteiger partial charge in [0, 0.05) is 29.2 Å². The molecule has 0 bridgehead atoms. The lowest BCUT2D eigenvalue weighted by atomic mass is 10.1. The molecule has 140 valence electrons. The van der Waals surface area contributed by atoms with E-state index >= 15 is 0 Å².